The van der Waals surface area contributed by atoms with Crippen molar-refractivity contribution in [3.05, 3.63) is 30.5 Å². The van der Waals surface area contributed by atoms with Gasteiger partial charge in [0.2, 0.25) is 0 Å². The Hall–Kier alpha value is -1.57. The molecular formula is C16H23NO5S. The van der Waals surface area contributed by atoms with Crippen LogP contribution in [-0.2, 0) is 15.0 Å². The molecule has 0 aliphatic heterocycles. The van der Waals surface area contributed by atoms with Crippen LogP contribution in [0.5, 0.6) is 0 Å². The minimum absolute atomic E-state index is 0.0397. The molecule has 1 heterocycles. The Balaban J connectivity index is 2.36. The molecule has 23 heavy (non-hydrogen) atoms. The van der Waals surface area contributed by atoms with Crippen LogP contribution in [0.4, 0.5) is 5.69 Å². The van der Waals surface area contributed by atoms with E-state index in [0.717, 1.165) is 9.69 Å². The Labute approximate surface area is 136 Å². The third-order valence-electron chi connectivity index (χ3n) is 3.54. The van der Waals surface area contributed by atoms with Crippen LogP contribution in [0.3, 0.4) is 0 Å². The highest BCUT2D eigenvalue weighted by atomic mass is 32.2. The van der Waals surface area contributed by atoms with Gasteiger partial charge in [-0.2, -0.15) is 8.42 Å². The molecule has 0 fully saturated rings. The van der Waals surface area contributed by atoms with Gasteiger partial charge in [0.15, 0.2) is 0 Å². The molecule has 0 amide bonds. The van der Waals surface area contributed by atoms with Crippen LogP contribution < -0.4 is 4.31 Å². The van der Waals surface area contributed by atoms with Crippen molar-refractivity contribution in [2.24, 2.45) is 5.92 Å². The molecule has 7 heteroatoms. The SMILES string of the molecule is CC(C)OC(CN(c1ccc2occc2c1)S(=O)(=O)O)C(C)C. The number of ether oxygens (including phenoxy) is 1. The van der Waals surface area contributed by atoms with Crippen LogP contribution in [0.15, 0.2) is 34.9 Å². The number of benzene rings is 1. The molecule has 0 saturated heterocycles. The number of fused-ring (bicyclic) bond motifs is 1. The van der Waals surface area contributed by atoms with Crippen molar-refractivity contribution in [1.29, 1.82) is 0 Å². The maximum absolute atomic E-state index is 11.9. The zero-order valence-corrected chi connectivity index (χ0v) is 14.6. The Bertz CT molecular complexity index is 751. The summed E-state index contributed by atoms with van der Waals surface area (Å²) in [5.41, 5.74) is 1.03. The second-order valence-electron chi connectivity index (χ2n) is 6.12. The first kappa shape index (κ1) is 17.8. The highest BCUT2D eigenvalue weighted by molar-refractivity contribution is 7.87. The zero-order chi connectivity index (χ0) is 17.2. The van der Waals surface area contributed by atoms with Crippen LogP contribution in [0.2, 0.25) is 0 Å². The lowest BCUT2D eigenvalue weighted by Gasteiger charge is -2.30. The lowest BCUT2D eigenvalue weighted by Crippen LogP contribution is -2.41. The maximum atomic E-state index is 11.9. The summed E-state index contributed by atoms with van der Waals surface area (Å²) >= 11 is 0. The molecular weight excluding hydrogens is 318 g/mol. The Morgan fingerprint density at radius 2 is 1.91 bits per heavy atom. The van der Waals surface area contributed by atoms with Crippen molar-refractivity contribution in [3.63, 3.8) is 0 Å². The molecule has 0 aliphatic rings. The van der Waals surface area contributed by atoms with E-state index in [1.54, 1.807) is 24.3 Å². The van der Waals surface area contributed by atoms with E-state index in [4.69, 9.17) is 9.15 Å². The van der Waals surface area contributed by atoms with E-state index in [1.165, 1.54) is 6.26 Å². The highest BCUT2D eigenvalue weighted by Gasteiger charge is 2.27. The molecule has 0 bridgehead atoms. The van der Waals surface area contributed by atoms with E-state index < -0.39 is 10.3 Å². The van der Waals surface area contributed by atoms with Crippen LogP contribution in [0.25, 0.3) is 11.0 Å². The largest absolute Gasteiger partial charge is 0.464 e. The van der Waals surface area contributed by atoms with E-state index in [2.05, 4.69) is 0 Å². The molecule has 1 N–H and O–H groups in total. The van der Waals surface area contributed by atoms with E-state index in [9.17, 15) is 13.0 Å². The molecule has 0 spiro atoms. The van der Waals surface area contributed by atoms with Gasteiger partial charge in [-0.3, -0.25) is 4.55 Å². The van der Waals surface area contributed by atoms with Gasteiger partial charge < -0.3 is 9.15 Å². The Kier molecular flexibility index (Phi) is 5.33. The minimum atomic E-state index is -4.41. The molecule has 1 atom stereocenters. The number of hydrogen-bond donors (Lipinski definition) is 1. The Morgan fingerprint density at radius 3 is 2.48 bits per heavy atom. The topological polar surface area (TPSA) is 80.0 Å². The number of rotatable bonds is 7. The summed E-state index contributed by atoms with van der Waals surface area (Å²) in [7, 11) is -4.41. The van der Waals surface area contributed by atoms with Crippen LogP contribution in [0, 0.1) is 5.92 Å². The van der Waals surface area contributed by atoms with Gasteiger partial charge in [-0.25, -0.2) is 4.31 Å². The van der Waals surface area contributed by atoms with E-state index >= 15 is 0 Å². The van der Waals surface area contributed by atoms with Crippen molar-refractivity contribution >= 4 is 27.0 Å². The summed E-state index contributed by atoms with van der Waals surface area (Å²) < 4.78 is 45.4. The predicted octanol–water partition coefficient (Wildman–Crippen LogP) is 3.49. The molecule has 2 rings (SSSR count). The number of furan rings is 1. The monoisotopic (exact) mass is 341 g/mol. The maximum Gasteiger partial charge on any atom is 0.360 e. The molecule has 2 aromatic rings. The summed E-state index contributed by atoms with van der Waals surface area (Å²) in [6.45, 7) is 7.73. The quantitative estimate of drug-likeness (QED) is 0.780. The van der Waals surface area contributed by atoms with Gasteiger partial charge in [-0.05, 0) is 44.0 Å². The summed E-state index contributed by atoms with van der Waals surface area (Å²) in [6.07, 6.45) is 1.16. The number of hydrogen-bond acceptors (Lipinski definition) is 4. The van der Waals surface area contributed by atoms with Crippen molar-refractivity contribution in [2.75, 3.05) is 10.8 Å². The normalized spacial score (nSPS) is 13.9. The molecule has 0 radical (unpaired) electrons. The number of nitrogens with zero attached hydrogens (tertiary/aromatic N) is 1. The molecule has 0 aliphatic carbocycles. The minimum Gasteiger partial charge on any atom is -0.464 e. The first-order valence-electron chi connectivity index (χ1n) is 7.56. The van der Waals surface area contributed by atoms with Gasteiger partial charge in [0.05, 0.1) is 30.7 Å². The average Bonchev–Trinajstić information content (AvgIpc) is 2.88. The molecule has 128 valence electrons. The fourth-order valence-corrected chi connectivity index (χ4v) is 3.08. The second-order valence-corrected chi connectivity index (χ2v) is 7.46. The molecule has 6 nitrogen and oxygen atoms in total. The van der Waals surface area contributed by atoms with Gasteiger partial charge in [0, 0.05) is 5.39 Å². The average molecular weight is 341 g/mol. The van der Waals surface area contributed by atoms with Crippen LogP contribution in [-0.4, -0.2) is 31.7 Å². The predicted molar refractivity (Wildman–Crippen MR) is 90.0 cm³/mol. The highest BCUT2D eigenvalue weighted by Crippen LogP contribution is 2.26. The fraction of sp³-hybridized carbons (Fsp3) is 0.500. The van der Waals surface area contributed by atoms with Crippen molar-refractivity contribution in [1.82, 2.24) is 0 Å². The van der Waals surface area contributed by atoms with Gasteiger partial charge in [0.1, 0.15) is 5.58 Å². The van der Waals surface area contributed by atoms with Gasteiger partial charge >= 0.3 is 10.3 Å². The summed E-state index contributed by atoms with van der Waals surface area (Å²) in [5.74, 6) is 0.0966. The zero-order valence-electron chi connectivity index (χ0n) is 13.8. The molecule has 1 unspecified atom stereocenters. The smallest absolute Gasteiger partial charge is 0.360 e. The first-order valence-corrected chi connectivity index (χ1v) is 8.96. The summed E-state index contributed by atoms with van der Waals surface area (Å²) in [4.78, 5) is 0. The van der Waals surface area contributed by atoms with Gasteiger partial charge in [-0.1, -0.05) is 13.8 Å². The van der Waals surface area contributed by atoms with Crippen molar-refractivity contribution < 1.29 is 22.1 Å². The van der Waals surface area contributed by atoms with E-state index in [-0.39, 0.29) is 24.7 Å². The summed E-state index contributed by atoms with van der Waals surface area (Å²) in [6, 6.07) is 6.69. The Morgan fingerprint density at radius 1 is 1.22 bits per heavy atom. The lowest BCUT2D eigenvalue weighted by molar-refractivity contribution is -0.0117. The standard InChI is InChI=1S/C16H23NO5S/c1-11(2)16(22-12(3)4)10-17(23(18,19)20)14-5-6-15-13(9-14)7-8-21-15/h5-9,11-12,16H,10H2,1-4H3,(H,18,19,20). The lowest BCUT2D eigenvalue weighted by atomic mass is 10.1. The first-order chi connectivity index (χ1) is 10.7. The van der Waals surface area contributed by atoms with E-state index in [1.807, 2.05) is 27.7 Å². The molecule has 1 aromatic heterocycles. The summed E-state index contributed by atoms with van der Waals surface area (Å²) in [5, 5.41) is 0.766. The van der Waals surface area contributed by atoms with Crippen molar-refractivity contribution in [3.8, 4) is 0 Å². The van der Waals surface area contributed by atoms with Gasteiger partial charge in [0.25, 0.3) is 0 Å². The molecule has 0 saturated carbocycles. The molecule has 1 aromatic carbocycles. The third-order valence-corrected chi connectivity index (χ3v) is 4.46. The third kappa shape index (κ3) is 4.46. The van der Waals surface area contributed by atoms with Crippen LogP contribution >= 0.6 is 0 Å². The van der Waals surface area contributed by atoms with Crippen LogP contribution in [0.1, 0.15) is 27.7 Å². The number of anilines is 1. The fourth-order valence-electron chi connectivity index (χ4n) is 2.37. The van der Waals surface area contributed by atoms with Crippen molar-refractivity contribution in [2.45, 2.75) is 39.9 Å². The van der Waals surface area contributed by atoms with E-state index in [0.29, 0.717) is 11.3 Å². The second kappa shape index (κ2) is 6.90. The van der Waals surface area contributed by atoms with Gasteiger partial charge in [-0.15, -0.1) is 0 Å².